The molecule has 1 N–H and O–H groups in total. The topological polar surface area (TPSA) is 33.6 Å². The number of nitrogens with one attached hydrogen (secondary N) is 1. The number of halogens is 1. The Bertz CT molecular complexity index is 818. The van der Waals surface area contributed by atoms with E-state index >= 15 is 0 Å². The van der Waals surface area contributed by atoms with Crippen LogP contribution in [0.3, 0.4) is 0 Å². The minimum atomic E-state index is 0.605. The molecule has 1 aromatic heterocycles. The highest BCUT2D eigenvalue weighted by Gasteiger charge is 2.10. The number of aromatic nitrogens is 3. The van der Waals surface area contributed by atoms with Crippen LogP contribution in [0.2, 0.25) is 5.02 Å². The van der Waals surface area contributed by atoms with Crippen LogP contribution in [0.1, 0.15) is 17.0 Å². The summed E-state index contributed by atoms with van der Waals surface area (Å²) in [6, 6.07) is 15.9. The highest BCUT2D eigenvalue weighted by molar-refractivity contribution is 7.71. The molecule has 0 bridgehead atoms. The Morgan fingerprint density at radius 2 is 1.86 bits per heavy atom. The highest BCUT2D eigenvalue weighted by atomic mass is 35.5. The number of hydrogen-bond donors (Lipinski definition) is 1. The summed E-state index contributed by atoms with van der Waals surface area (Å²) in [5.74, 6) is 0.886. The zero-order valence-corrected chi connectivity index (χ0v) is 13.1. The molecule has 0 amide bonds. The first-order chi connectivity index (χ1) is 10.1. The Kier molecular flexibility index (Phi) is 3.90. The van der Waals surface area contributed by atoms with Gasteiger partial charge in [0.25, 0.3) is 0 Å². The van der Waals surface area contributed by atoms with Crippen LogP contribution in [-0.2, 0) is 6.42 Å². The van der Waals surface area contributed by atoms with Crippen molar-refractivity contribution >= 4 is 23.8 Å². The second kappa shape index (κ2) is 5.84. The summed E-state index contributed by atoms with van der Waals surface area (Å²) in [6.07, 6.45) is 0.693. The van der Waals surface area contributed by atoms with Gasteiger partial charge in [-0.25, -0.2) is 0 Å². The Hall–Kier alpha value is -1.91. The molecule has 0 aliphatic carbocycles. The van der Waals surface area contributed by atoms with E-state index in [0.29, 0.717) is 11.2 Å². The fourth-order valence-electron chi connectivity index (χ4n) is 2.30. The van der Waals surface area contributed by atoms with Gasteiger partial charge in [0, 0.05) is 11.4 Å². The Balaban J connectivity index is 2.04. The molecule has 5 heteroatoms. The van der Waals surface area contributed by atoms with Crippen molar-refractivity contribution in [3.8, 4) is 5.69 Å². The molecule has 0 aliphatic rings. The molecule has 0 unspecified atom stereocenters. The lowest BCUT2D eigenvalue weighted by molar-refractivity contribution is 0.897. The van der Waals surface area contributed by atoms with Gasteiger partial charge >= 0.3 is 0 Å². The third kappa shape index (κ3) is 2.91. The van der Waals surface area contributed by atoms with Crippen molar-refractivity contribution in [3.05, 3.63) is 75.3 Å². The standard InChI is InChI=1S/C16H14ClN3S/c1-11-4-2-3-5-14(11)20-15(18-19-16(20)21)10-12-6-8-13(17)9-7-12/h2-9H,10H2,1H3,(H,19,21). The van der Waals surface area contributed by atoms with Crippen LogP contribution in [0.5, 0.6) is 0 Å². The average Bonchev–Trinajstić information content (AvgIpc) is 2.83. The van der Waals surface area contributed by atoms with Crippen molar-refractivity contribution < 1.29 is 0 Å². The molecule has 1 heterocycles. The predicted molar refractivity (Wildman–Crippen MR) is 87.7 cm³/mol. The maximum absolute atomic E-state index is 5.92. The molecule has 0 radical (unpaired) electrons. The molecule has 0 saturated carbocycles. The van der Waals surface area contributed by atoms with Crippen LogP contribution < -0.4 is 0 Å². The largest absolute Gasteiger partial charge is 0.272 e. The summed E-state index contributed by atoms with van der Waals surface area (Å²) in [5, 5.41) is 7.98. The summed E-state index contributed by atoms with van der Waals surface area (Å²) < 4.78 is 2.59. The van der Waals surface area contributed by atoms with Crippen molar-refractivity contribution in [2.75, 3.05) is 0 Å². The molecule has 3 aromatic rings. The minimum absolute atomic E-state index is 0.605. The molecule has 106 valence electrons. The van der Waals surface area contributed by atoms with Crippen molar-refractivity contribution in [2.45, 2.75) is 13.3 Å². The fraction of sp³-hybridized carbons (Fsp3) is 0.125. The Morgan fingerprint density at radius 1 is 1.14 bits per heavy atom. The van der Waals surface area contributed by atoms with E-state index < -0.39 is 0 Å². The Morgan fingerprint density at radius 3 is 2.57 bits per heavy atom. The molecule has 0 saturated heterocycles. The minimum Gasteiger partial charge on any atom is -0.272 e. The van der Waals surface area contributed by atoms with Crippen LogP contribution >= 0.6 is 23.8 Å². The van der Waals surface area contributed by atoms with E-state index in [-0.39, 0.29) is 0 Å². The fourth-order valence-corrected chi connectivity index (χ4v) is 2.67. The maximum Gasteiger partial charge on any atom is 0.199 e. The summed E-state index contributed by atoms with van der Waals surface area (Å²) in [6.45, 7) is 2.07. The number of aryl methyl sites for hydroxylation is 1. The van der Waals surface area contributed by atoms with Gasteiger partial charge in [0.1, 0.15) is 5.82 Å². The summed E-state index contributed by atoms with van der Waals surface area (Å²) in [5.41, 5.74) is 3.36. The maximum atomic E-state index is 5.92. The van der Waals surface area contributed by atoms with E-state index in [9.17, 15) is 0 Å². The predicted octanol–water partition coefficient (Wildman–Crippen LogP) is 4.48. The number of nitrogens with zero attached hydrogens (tertiary/aromatic N) is 2. The van der Waals surface area contributed by atoms with E-state index in [0.717, 1.165) is 27.7 Å². The van der Waals surface area contributed by atoms with Gasteiger partial charge in [0.2, 0.25) is 0 Å². The Labute approximate surface area is 133 Å². The van der Waals surface area contributed by atoms with E-state index in [1.165, 1.54) is 0 Å². The van der Waals surface area contributed by atoms with Gasteiger partial charge in [-0.3, -0.25) is 9.67 Å². The number of rotatable bonds is 3. The first-order valence-corrected chi connectivity index (χ1v) is 7.40. The number of para-hydroxylation sites is 1. The summed E-state index contributed by atoms with van der Waals surface area (Å²) >= 11 is 11.3. The summed E-state index contributed by atoms with van der Waals surface area (Å²) in [4.78, 5) is 0. The van der Waals surface area contributed by atoms with Gasteiger partial charge in [-0.05, 0) is 48.5 Å². The molecule has 0 atom stereocenters. The lowest BCUT2D eigenvalue weighted by Gasteiger charge is -2.09. The van der Waals surface area contributed by atoms with Crippen LogP contribution in [0.4, 0.5) is 0 Å². The van der Waals surface area contributed by atoms with E-state index in [2.05, 4.69) is 23.2 Å². The highest BCUT2D eigenvalue weighted by Crippen LogP contribution is 2.18. The zero-order chi connectivity index (χ0) is 14.8. The smallest absolute Gasteiger partial charge is 0.199 e. The van der Waals surface area contributed by atoms with Crippen LogP contribution in [-0.4, -0.2) is 14.8 Å². The van der Waals surface area contributed by atoms with Crippen molar-refractivity contribution in [2.24, 2.45) is 0 Å². The lowest BCUT2D eigenvalue weighted by Crippen LogP contribution is -2.04. The lowest BCUT2D eigenvalue weighted by atomic mass is 10.1. The van der Waals surface area contributed by atoms with Gasteiger partial charge in [-0.15, -0.1) is 0 Å². The second-order valence-corrected chi connectivity index (χ2v) is 5.69. The number of hydrogen-bond acceptors (Lipinski definition) is 2. The second-order valence-electron chi connectivity index (χ2n) is 4.87. The third-order valence-corrected chi connectivity index (χ3v) is 3.90. The molecule has 2 aromatic carbocycles. The normalized spacial score (nSPS) is 10.8. The van der Waals surface area contributed by atoms with Crippen LogP contribution in [0, 0.1) is 11.7 Å². The van der Waals surface area contributed by atoms with E-state index in [1.54, 1.807) is 0 Å². The van der Waals surface area contributed by atoms with Crippen LogP contribution in [0.25, 0.3) is 5.69 Å². The molecular formula is C16H14ClN3S. The van der Waals surface area contributed by atoms with Gasteiger partial charge in [0.05, 0.1) is 5.69 Å². The number of H-pyrrole nitrogens is 1. The molecule has 0 aliphatic heterocycles. The van der Waals surface area contributed by atoms with Crippen LogP contribution in [0.15, 0.2) is 48.5 Å². The quantitative estimate of drug-likeness (QED) is 0.723. The zero-order valence-electron chi connectivity index (χ0n) is 11.5. The molecule has 0 fully saturated rings. The molecule has 3 rings (SSSR count). The van der Waals surface area contributed by atoms with E-state index in [1.807, 2.05) is 47.0 Å². The number of benzene rings is 2. The monoisotopic (exact) mass is 315 g/mol. The van der Waals surface area contributed by atoms with Gasteiger partial charge in [0.15, 0.2) is 4.77 Å². The first-order valence-electron chi connectivity index (χ1n) is 6.62. The molecule has 0 spiro atoms. The third-order valence-electron chi connectivity index (χ3n) is 3.37. The van der Waals surface area contributed by atoms with Gasteiger partial charge in [-0.2, -0.15) is 5.10 Å². The van der Waals surface area contributed by atoms with Gasteiger partial charge in [-0.1, -0.05) is 41.9 Å². The molecule has 21 heavy (non-hydrogen) atoms. The summed E-state index contributed by atoms with van der Waals surface area (Å²) in [7, 11) is 0. The van der Waals surface area contributed by atoms with Gasteiger partial charge < -0.3 is 0 Å². The number of aromatic amines is 1. The van der Waals surface area contributed by atoms with Crippen molar-refractivity contribution in [1.82, 2.24) is 14.8 Å². The molecular weight excluding hydrogens is 302 g/mol. The average molecular weight is 316 g/mol. The van der Waals surface area contributed by atoms with E-state index in [4.69, 9.17) is 23.8 Å². The SMILES string of the molecule is Cc1ccccc1-n1c(Cc2ccc(Cl)cc2)n[nH]c1=S. The first kappa shape index (κ1) is 14.0. The van der Waals surface area contributed by atoms with Crippen molar-refractivity contribution in [3.63, 3.8) is 0 Å². The molecule has 3 nitrogen and oxygen atoms in total. The van der Waals surface area contributed by atoms with Crippen molar-refractivity contribution in [1.29, 1.82) is 0 Å².